The lowest BCUT2D eigenvalue weighted by atomic mass is 9.88. The SMILES string of the molecule is C=C1/C=C\C=C/C/N=C2/c3ccc(-c4cccc(-c5ccc(-n6c7ccccc7c7ccccc76)cc5)c4)cc3-c3ccccc3N12. The van der Waals surface area contributed by atoms with E-state index >= 15 is 0 Å². The summed E-state index contributed by atoms with van der Waals surface area (Å²) in [6, 6.07) is 50.4. The molecule has 6 aromatic carbocycles. The Morgan fingerprint density at radius 1 is 0.532 bits per heavy atom. The third kappa shape index (κ3) is 4.47. The van der Waals surface area contributed by atoms with Gasteiger partial charge in [-0.1, -0.05) is 122 Å². The van der Waals surface area contributed by atoms with Gasteiger partial charge in [0.25, 0.3) is 0 Å². The molecular formula is C44H31N3. The van der Waals surface area contributed by atoms with E-state index in [4.69, 9.17) is 4.99 Å². The molecule has 0 bridgehead atoms. The minimum absolute atomic E-state index is 0.616. The van der Waals surface area contributed by atoms with Crippen LogP contribution in [-0.4, -0.2) is 16.9 Å². The van der Waals surface area contributed by atoms with Gasteiger partial charge in [-0.25, -0.2) is 0 Å². The molecule has 222 valence electrons. The Hall–Kier alpha value is -6.19. The van der Waals surface area contributed by atoms with E-state index in [2.05, 4.69) is 168 Å². The molecule has 1 aromatic heterocycles. The number of para-hydroxylation sites is 3. The van der Waals surface area contributed by atoms with Gasteiger partial charge in [-0.3, -0.25) is 9.89 Å². The van der Waals surface area contributed by atoms with Crippen molar-refractivity contribution >= 4 is 33.3 Å². The second kappa shape index (κ2) is 11.0. The van der Waals surface area contributed by atoms with E-state index in [1.54, 1.807) is 0 Å². The van der Waals surface area contributed by atoms with E-state index in [9.17, 15) is 0 Å². The number of anilines is 1. The molecular weight excluding hydrogens is 571 g/mol. The zero-order chi connectivity index (χ0) is 31.3. The molecule has 0 unspecified atom stereocenters. The lowest BCUT2D eigenvalue weighted by molar-refractivity contribution is 1.17. The van der Waals surface area contributed by atoms with Crippen molar-refractivity contribution in [2.24, 2.45) is 4.99 Å². The highest BCUT2D eigenvalue weighted by molar-refractivity contribution is 6.21. The zero-order valence-corrected chi connectivity index (χ0v) is 25.8. The summed E-state index contributed by atoms with van der Waals surface area (Å²) in [5.74, 6) is 0.934. The second-order valence-corrected chi connectivity index (χ2v) is 12.1. The van der Waals surface area contributed by atoms with Crippen LogP contribution in [0, 0.1) is 0 Å². The Bertz CT molecular complexity index is 2400. The molecule has 0 N–H and O–H groups in total. The monoisotopic (exact) mass is 601 g/mol. The largest absolute Gasteiger partial charge is 0.309 e. The van der Waals surface area contributed by atoms with E-state index in [0.717, 1.165) is 28.5 Å². The molecule has 9 rings (SSSR count). The summed E-state index contributed by atoms with van der Waals surface area (Å²) in [7, 11) is 0. The highest BCUT2D eigenvalue weighted by atomic mass is 15.2. The van der Waals surface area contributed by atoms with Crippen LogP contribution >= 0.6 is 0 Å². The number of amidine groups is 1. The van der Waals surface area contributed by atoms with E-state index in [1.807, 2.05) is 12.2 Å². The van der Waals surface area contributed by atoms with Crippen molar-refractivity contribution in [1.82, 2.24) is 4.57 Å². The molecule has 7 aromatic rings. The first kappa shape index (κ1) is 27.1. The maximum atomic E-state index is 5.02. The Morgan fingerprint density at radius 3 is 1.98 bits per heavy atom. The number of hydrogen-bond donors (Lipinski definition) is 0. The Morgan fingerprint density at radius 2 is 1.19 bits per heavy atom. The maximum Gasteiger partial charge on any atom is 0.141 e. The van der Waals surface area contributed by atoms with Gasteiger partial charge in [0.1, 0.15) is 5.84 Å². The number of nitrogens with zero attached hydrogens (tertiary/aromatic N) is 3. The van der Waals surface area contributed by atoms with Crippen molar-refractivity contribution in [2.45, 2.75) is 0 Å². The molecule has 0 amide bonds. The first-order valence-electron chi connectivity index (χ1n) is 16.0. The molecule has 0 aliphatic carbocycles. The van der Waals surface area contributed by atoms with Crippen LogP contribution in [0.2, 0.25) is 0 Å². The molecule has 0 radical (unpaired) electrons. The lowest BCUT2D eigenvalue weighted by Gasteiger charge is -2.34. The van der Waals surface area contributed by atoms with E-state index in [-0.39, 0.29) is 0 Å². The minimum atomic E-state index is 0.616. The molecule has 2 aliphatic rings. The fourth-order valence-electron chi connectivity index (χ4n) is 7.12. The van der Waals surface area contributed by atoms with Gasteiger partial charge >= 0.3 is 0 Å². The first-order valence-corrected chi connectivity index (χ1v) is 16.0. The third-order valence-corrected chi connectivity index (χ3v) is 9.31. The van der Waals surface area contributed by atoms with E-state index in [0.29, 0.717) is 6.54 Å². The van der Waals surface area contributed by atoms with Gasteiger partial charge in [0.2, 0.25) is 0 Å². The normalized spacial score (nSPS) is 16.3. The number of aromatic nitrogens is 1. The van der Waals surface area contributed by atoms with Crippen LogP contribution in [0.3, 0.4) is 0 Å². The number of fused-ring (bicyclic) bond motifs is 9. The number of allylic oxidation sites excluding steroid dienone is 3. The third-order valence-electron chi connectivity index (χ3n) is 9.31. The van der Waals surface area contributed by atoms with Crippen molar-refractivity contribution in [3.63, 3.8) is 0 Å². The molecule has 0 atom stereocenters. The molecule has 0 saturated carbocycles. The molecule has 3 nitrogen and oxygen atoms in total. The van der Waals surface area contributed by atoms with Crippen LogP contribution in [0.5, 0.6) is 0 Å². The van der Waals surface area contributed by atoms with Gasteiger partial charge in [0.05, 0.1) is 23.3 Å². The summed E-state index contributed by atoms with van der Waals surface area (Å²) >= 11 is 0. The average molecular weight is 602 g/mol. The molecule has 0 spiro atoms. The van der Waals surface area contributed by atoms with Crippen LogP contribution < -0.4 is 4.90 Å². The quantitative estimate of drug-likeness (QED) is 0.197. The van der Waals surface area contributed by atoms with Gasteiger partial charge in [-0.05, 0) is 76.4 Å². The summed E-state index contributed by atoms with van der Waals surface area (Å²) in [5.41, 5.74) is 13.8. The second-order valence-electron chi connectivity index (χ2n) is 12.1. The summed E-state index contributed by atoms with van der Waals surface area (Å²) in [6.45, 7) is 5.00. The van der Waals surface area contributed by atoms with E-state index < -0.39 is 0 Å². The van der Waals surface area contributed by atoms with Crippen LogP contribution in [0.1, 0.15) is 5.56 Å². The van der Waals surface area contributed by atoms with Crippen LogP contribution in [-0.2, 0) is 0 Å². The van der Waals surface area contributed by atoms with Gasteiger partial charge in [-0.2, -0.15) is 0 Å². The zero-order valence-electron chi connectivity index (χ0n) is 25.8. The lowest BCUT2D eigenvalue weighted by Crippen LogP contribution is -2.34. The van der Waals surface area contributed by atoms with Gasteiger partial charge in [0.15, 0.2) is 0 Å². The fraction of sp³-hybridized carbons (Fsp3) is 0.0227. The van der Waals surface area contributed by atoms with E-state index in [1.165, 1.54) is 55.2 Å². The molecule has 2 aliphatic heterocycles. The molecule has 0 saturated heterocycles. The smallest absolute Gasteiger partial charge is 0.141 e. The Balaban J connectivity index is 1.10. The molecule has 47 heavy (non-hydrogen) atoms. The summed E-state index contributed by atoms with van der Waals surface area (Å²) in [4.78, 5) is 7.21. The highest BCUT2D eigenvalue weighted by Gasteiger charge is 2.29. The van der Waals surface area contributed by atoms with Crippen LogP contribution in [0.25, 0.3) is 60.9 Å². The minimum Gasteiger partial charge on any atom is -0.309 e. The Kier molecular flexibility index (Phi) is 6.36. The Labute approximate surface area is 274 Å². The van der Waals surface area contributed by atoms with Crippen molar-refractivity contribution < 1.29 is 0 Å². The van der Waals surface area contributed by atoms with Gasteiger partial charge in [-0.15, -0.1) is 0 Å². The number of benzene rings is 6. The average Bonchev–Trinajstić information content (AvgIpc) is 3.51. The maximum absolute atomic E-state index is 5.02. The van der Waals surface area contributed by atoms with Crippen LogP contribution in [0.4, 0.5) is 5.69 Å². The molecule has 3 heteroatoms. The van der Waals surface area contributed by atoms with Crippen molar-refractivity contribution in [1.29, 1.82) is 0 Å². The summed E-state index contributed by atoms with van der Waals surface area (Å²) in [5, 5.41) is 2.55. The predicted molar refractivity (Wildman–Crippen MR) is 198 cm³/mol. The standard InChI is InChI=1S/C44H31N3/c1-30-12-3-2-10-27-45-44-39-26-23-34(29-40(39)38-17-6-7-18-41(38)46(30)44)33-14-11-13-32(28-33)31-21-24-35(25-22-31)47-42-19-8-4-15-36(42)37-16-5-9-20-43(37)47/h2-26,28-29H,1,27H2/b10-2-,12-3-,45-44-. The van der Waals surface area contributed by atoms with Gasteiger partial charge in [0, 0.05) is 33.3 Å². The predicted octanol–water partition coefficient (Wildman–Crippen LogP) is 11.0. The summed E-state index contributed by atoms with van der Waals surface area (Å²) < 4.78 is 2.36. The van der Waals surface area contributed by atoms with Crippen molar-refractivity contribution in [3.8, 4) is 39.1 Å². The number of rotatable bonds is 3. The van der Waals surface area contributed by atoms with Crippen LogP contribution in [0.15, 0.2) is 181 Å². The van der Waals surface area contributed by atoms with Crippen molar-refractivity contribution in [3.05, 3.63) is 182 Å². The number of aliphatic imine (C=N–C) groups is 1. The van der Waals surface area contributed by atoms with Crippen molar-refractivity contribution in [2.75, 3.05) is 11.4 Å². The topological polar surface area (TPSA) is 20.5 Å². The summed E-state index contributed by atoms with van der Waals surface area (Å²) in [6.07, 6.45) is 8.20. The highest BCUT2D eigenvalue weighted by Crippen LogP contribution is 2.43. The fourth-order valence-corrected chi connectivity index (χ4v) is 7.12. The molecule has 3 heterocycles. The first-order chi connectivity index (χ1) is 23.2. The number of hydrogen-bond acceptors (Lipinski definition) is 2. The van der Waals surface area contributed by atoms with Gasteiger partial charge < -0.3 is 4.57 Å². The molecule has 0 fully saturated rings.